The van der Waals surface area contributed by atoms with Crippen LogP contribution in [0.15, 0.2) is 12.4 Å². The zero-order valence-corrected chi connectivity index (χ0v) is 10.4. The van der Waals surface area contributed by atoms with E-state index in [0.717, 1.165) is 12.8 Å². The van der Waals surface area contributed by atoms with Gasteiger partial charge in [0.2, 0.25) is 5.91 Å². The van der Waals surface area contributed by atoms with Crippen LogP contribution in [0.4, 0.5) is 0 Å². The SMILES string of the molecule is CC(C)(CCCO)CNC(=O)Cn1ccnn1. The van der Waals surface area contributed by atoms with Gasteiger partial charge in [-0.3, -0.25) is 4.79 Å². The number of aliphatic hydroxyl groups excluding tert-OH is 1. The molecular formula is C11H20N4O2. The van der Waals surface area contributed by atoms with Gasteiger partial charge >= 0.3 is 0 Å². The molecular weight excluding hydrogens is 220 g/mol. The molecule has 1 aromatic heterocycles. The zero-order valence-electron chi connectivity index (χ0n) is 10.4. The summed E-state index contributed by atoms with van der Waals surface area (Å²) in [5, 5.41) is 19.0. The highest BCUT2D eigenvalue weighted by molar-refractivity contribution is 5.75. The van der Waals surface area contributed by atoms with E-state index in [9.17, 15) is 4.79 Å². The van der Waals surface area contributed by atoms with E-state index in [1.165, 1.54) is 4.68 Å². The Hall–Kier alpha value is -1.43. The third kappa shape index (κ3) is 5.44. The van der Waals surface area contributed by atoms with Crippen molar-refractivity contribution in [1.82, 2.24) is 20.3 Å². The first kappa shape index (κ1) is 13.6. The molecule has 0 saturated carbocycles. The monoisotopic (exact) mass is 240 g/mol. The van der Waals surface area contributed by atoms with E-state index in [4.69, 9.17) is 5.11 Å². The van der Waals surface area contributed by atoms with Crippen LogP contribution < -0.4 is 5.32 Å². The van der Waals surface area contributed by atoms with E-state index in [1.807, 2.05) is 0 Å². The summed E-state index contributed by atoms with van der Waals surface area (Å²) < 4.78 is 1.48. The van der Waals surface area contributed by atoms with Gasteiger partial charge in [0, 0.05) is 19.3 Å². The Kier molecular flexibility index (Phi) is 5.09. The summed E-state index contributed by atoms with van der Waals surface area (Å²) >= 11 is 0. The van der Waals surface area contributed by atoms with Gasteiger partial charge in [0.1, 0.15) is 6.54 Å². The van der Waals surface area contributed by atoms with Crippen LogP contribution in [0.1, 0.15) is 26.7 Å². The van der Waals surface area contributed by atoms with Gasteiger partial charge in [-0.15, -0.1) is 5.10 Å². The van der Waals surface area contributed by atoms with E-state index < -0.39 is 0 Å². The van der Waals surface area contributed by atoms with Crippen LogP contribution in [-0.4, -0.2) is 39.2 Å². The summed E-state index contributed by atoms with van der Waals surface area (Å²) in [7, 11) is 0. The molecule has 0 aliphatic carbocycles. The van der Waals surface area contributed by atoms with Gasteiger partial charge in [-0.2, -0.15) is 0 Å². The number of hydrogen-bond acceptors (Lipinski definition) is 4. The second kappa shape index (κ2) is 6.34. The van der Waals surface area contributed by atoms with Crippen molar-refractivity contribution in [2.75, 3.05) is 13.2 Å². The average molecular weight is 240 g/mol. The van der Waals surface area contributed by atoms with E-state index in [1.54, 1.807) is 12.4 Å². The maximum absolute atomic E-state index is 11.6. The van der Waals surface area contributed by atoms with Crippen molar-refractivity contribution < 1.29 is 9.90 Å². The molecule has 0 atom stereocenters. The van der Waals surface area contributed by atoms with Crippen molar-refractivity contribution in [2.24, 2.45) is 5.41 Å². The van der Waals surface area contributed by atoms with Gasteiger partial charge in [0.25, 0.3) is 0 Å². The first-order valence-electron chi connectivity index (χ1n) is 5.75. The fourth-order valence-corrected chi connectivity index (χ4v) is 1.50. The van der Waals surface area contributed by atoms with Gasteiger partial charge < -0.3 is 10.4 Å². The molecule has 1 amide bonds. The maximum atomic E-state index is 11.6. The summed E-state index contributed by atoms with van der Waals surface area (Å²) in [5.41, 5.74) is 0.000750. The highest BCUT2D eigenvalue weighted by Gasteiger charge is 2.18. The number of amides is 1. The van der Waals surface area contributed by atoms with Crippen LogP contribution in [0.2, 0.25) is 0 Å². The quantitative estimate of drug-likeness (QED) is 0.713. The maximum Gasteiger partial charge on any atom is 0.241 e. The third-order valence-electron chi connectivity index (χ3n) is 2.55. The molecule has 17 heavy (non-hydrogen) atoms. The number of nitrogens with one attached hydrogen (secondary N) is 1. The van der Waals surface area contributed by atoms with Gasteiger partial charge in [-0.1, -0.05) is 19.1 Å². The molecule has 0 aliphatic rings. The first-order chi connectivity index (χ1) is 8.03. The smallest absolute Gasteiger partial charge is 0.241 e. The summed E-state index contributed by atoms with van der Waals surface area (Å²) in [4.78, 5) is 11.6. The summed E-state index contributed by atoms with van der Waals surface area (Å²) in [6, 6.07) is 0. The second-order valence-corrected chi connectivity index (χ2v) is 4.87. The summed E-state index contributed by atoms with van der Waals surface area (Å²) in [6.07, 6.45) is 4.83. The Morgan fingerprint density at radius 3 is 2.88 bits per heavy atom. The zero-order chi connectivity index (χ0) is 12.7. The lowest BCUT2D eigenvalue weighted by atomic mass is 9.88. The molecule has 0 radical (unpaired) electrons. The van der Waals surface area contributed by atoms with Crippen LogP contribution in [0, 0.1) is 5.41 Å². The lowest BCUT2D eigenvalue weighted by Crippen LogP contribution is -2.36. The third-order valence-corrected chi connectivity index (χ3v) is 2.55. The molecule has 0 aromatic carbocycles. The minimum atomic E-state index is -0.0763. The molecule has 0 bridgehead atoms. The van der Waals surface area contributed by atoms with Gasteiger partial charge in [0.15, 0.2) is 0 Å². The van der Waals surface area contributed by atoms with Crippen LogP contribution in [0.3, 0.4) is 0 Å². The molecule has 1 heterocycles. The van der Waals surface area contributed by atoms with Crippen molar-refractivity contribution >= 4 is 5.91 Å². The minimum Gasteiger partial charge on any atom is -0.396 e. The molecule has 6 nitrogen and oxygen atoms in total. The Balaban J connectivity index is 2.27. The van der Waals surface area contributed by atoms with Gasteiger partial charge in [-0.05, 0) is 18.3 Å². The minimum absolute atomic E-state index is 0.000750. The second-order valence-electron chi connectivity index (χ2n) is 4.87. The highest BCUT2D eigenvalue weighted by atomic mass is 16.2. The molecule has 6 heteroatoms. The molecule has 0 saturated heterocycles. The molecule has 0 aliphatic heterocycles. The standard InChI is InChI=1S/C11H20N4O2/c1-11(2,4-3-7-16)9-12-10(17)8-15-6-5-13-14-15/h5-6,16H,3-4,7-9H2,1-2H3,(H,12,17). The van der Waals surface area contributed by atoms with Crippen molar-refractivity contribution in [3.8, 4) is 0 Å². The number of nitrogens with zero attached hydrogens (tertiary/aromatic N) is 3. The van der Waals surface area contributed by atoms with Crippen LogP contribution in [-0.2, 0) is 11.3 Å². The predicted octanol–water partition coefficient (Wildman–Crippen LogP) is 0.193. The van der Waals surface area contributed by atoms with Crippen molar-refractivity contribution in [3.05, 3.63) is 12.4 Å². The van der Waals surface area contributed by atoms with E-state index >= 15 is 0 Å². The van der Waals surface area contributed by atoms with Crippen LogP contribution >= 0.6 is 0 Å². The first-order valence-corrected chi connectivity index (χ1v) is 5.75. The molecule has 1 rings (SSSR count). The Morgan fingerprint density at radius 2 is 2.29 bits per heavy atom. The molecule has 1 aromatic rings. The fourth-order valence-electron chi connectivity index (χ4n) is 1.50. The van der Waals surface area contributed by atoms with E-state index in [2.05, 4.69) is 29.5 Å². The Labute approximate surface area is 101 Å². The predicted molar refractivity (Wildman–Crippen MR) is 63.1 cm³/mol. The van der Waals surface area contributed by atoms with E-state index in [0.29, 0.717) is 6.54 Å². The van der Waals surface area contributed by atoms with Crippen molar-refractivity contribution in [1.29, 1.82) is 0 Å². The summed E-state index contributed by atoms with van der Waals surface area (Å²) in [5.74, 6) is -0.0763. The normalized spacial score (nSPS) is 11.5. The lowest BCUT2D eigenvalue weighted by molar-refractivity contribution is -0.122. The highest BCUT2D eigenvalue weighted by Crippen LogP contribution is 2.20. The Morgan fingerprint density at radius 1 is 1.53 bits per heavy atom. The van der Waals surface area contributed by atoms with Crippen LogP contribution in [0.25, 0.3) is 0 Å². The molecule has 0 fully saturated rings. The molecule has 0 unspecified atom stereocenters. The number of rotatable bonds is 7. The topological polar surface area (TPSA) is 80.0 Å². The number of carbonyl (C=O) groups is 1. The Bertz CT molecular complexity index is 335. The summed E-state index contributed by atoms with van der Waals surface area (Å²) in [6.45, 7) is 5.11. The molecule has 96 valence electrons. The molecule has 0 spiro atoms. The van der Waals surface area contributed by atoms with E-state index in [-0.39, 0.29) is 24.5 Å². The lowest BCUT2D eigenvalue weighted by Gasteiger charge is -2.24. The van der Waals surface area contributed by atoms with Crippen LogP contribution in [0.5, 0.6) is 0 Å². The fraction of sp³-hybridized carbons (Fsp3) is 0.727. The van der Waals surface area contributed by atoms with Crippen molar-refractivity contribution in [3.63, 3.8) is 0 Å². The number of hydrogen-bond donors (Lipinski definition) is 2. The number of aromatic nitrogens is 3. The average Bonchev–Trinajstić information content (AvgIpc) is 2.77. The van der Waals surface area contributed by atoms with Crippen molar-refractivity contribution in [2.45, 2.75) is 33.2 Å². The largest absolute Gasteiger partial charge is 0.396 e. The number of aliphatic hydroxyl groups is 1. The van der Waals surface area contributed by atoms with Gasteiger partial charge in [0.05, 0.1) is 6.20 Å². The number of carbonyl (C=O) groups excluding carboxylic acids is 1. The molecule has 2 N–H and O–H groups in total. The van der Waals surface area contributed by atoms with Gasteiger partial charge in [-0.25, -0.2) is 4.68 Å².